The van der Waals surface area contributed by atoms with Crippen molar-refractivity contribution in [2.45, 2.75) is 112 Å². The SMILES string of the molecule is CC.CC(C)C(N)C(=O)N[C@@H](C)C(=O)Nc1ccc(CO)cc1.CC[C@@]1(O)C(=O)OCc2c1cc1n(c2=O)Cc2c-1nc1cc(F)c(C)c3c1c2CCC3.NC(=O)COCNO.[Y]. The van der Waals surface area contributed by atoms with Crippen LogP contribution < -0.4 is 33.1 Å². The molecule has 0 saturated carbocycles. The van der Waals surface area contributed by atoms with Gasteiger partial charge in [-0.3, -0.25) is 19.2 Å². The van der Waals surface area contributed by atoms with Crippen LogP contribution in [0, 0.1) is 18.7 Å². The number of esters is 1. The van der Waals surface area contributed by atoms with Gasteiger partial charge in [-0.05, 0) is 85.9 Å². The summed E-state index contributed by atoms with van der Waals surface area (Å²) in [5, 5.41) is 34.1. The zero-order valence-electron chi connectivity index (χ0n) is 36.8. The van der Waals surface area contributed by atoms with E-state index < -0.39 is 29.6 Å². The van der Waals surface area contributed by atoms with Gasteiger partial charge in [0.05, 0.1) is 41.7 Å². The van der Waals surface area contributed by atoms with Gasteiger partial charge in [-0.2, -0.15) is 5.48 Å². The van der Waals surface area contributed by atoms with Crippen LogP contribution in [0.5, 0.6) is 0 Å². The second-order valence-corrected chi connectivity index (χ2v) is 15.2. The number of hydrogen-bond acceptors (Lipinski definition) is 13. The minimum Gasteiger partial charge on any atom is -0.458 e. The van der Waals surface area contributed by atoms with Crippen molar-refractivity contribution in [3.8, 4) is 11.4 Å². The van der Waals surface area contributed by atoms with Gasteiger partial charge in [-0.15, -0.1) is 0 Å². The molecule has 4 aromatic rings. The number of carbonyl (C=O) groups is 4. The van der Waals surface area contributed by atoms with E-state index in [-0.39, 0.29) is 94.8 Å². The summed E-state index contributed by atoms with van der Waals surface area (Å²) in [5.41, 5.74) is 17.5. The first-order valence-electron chi connectivity index (χ1n) is 20.6. The van der Waals surface area contributed by atoms with Crippen molar-refractivity contribution >= 4 is 40.3 Å². The summed E-state index contributed by atoms with van der Waals surface area (Å²) in [5.74, 6) is -2.23. The van der Waals surface area contributed by atoms with Gasteiger partial charge in [-0.25, -0.2) is 14.2 Å². The van der Waals surface area contributed by atoms with Crippen LogP contribution in [0.3, 0.4) is 0 Å². The van der Waals surface area contributed by atoms with Crippen LogP contribution >= 0.6 is 0 Å². The molecule has 1 radical (unpaired) electrons. The topological polar surface area (TPSA) is 270 Å². The third-order valence-electron chi connectivity index (χ3n) is 10.9. The fraction of sp³-hybridized carbons (Fsp3) is 0.455. The molecule has 0 saturated heterocycles. The fourth-order valence-electron chi connectivity index (χ4n) is 7.34. The van der Waals surface area contributed by atoms with Crippen LogP contribution in [-0.2, 0) is 99.6 Å². The maximum atomic E-state index is 14.6. The van der Waals surface area contributed by atoms with Crippen molar-refractivity contribution in [3.05, 3.63) is 91.5 Å². The Labute approximate surface area is 390 Å². The van der Waals surface area contributed by atoms with Crippen molar-refractivity contribution < 1.29 is 81.2 Å². The van der Waals surface area contributed by atoms with Crippen LogP contribution in [0.15, 0.2) is 41.2 Å². The molecule has 10 N–H and O–H groups in total. The van der Waals surface area contributed by atoms with E-state index in [9.17, 15) is 33.5 Å². The monoisotopic (exact) mass is 952 g/mol. The van der Waals surface area contributed by atoms with Crippen LogP contribution in [0.4, 0.5) is 10.1 Å². The number of aryl methyl sites for hydroxylation is 2. The van der Waals surface area contributed by atoms with Crippen molar-refractivity contribution in [1.82, 2.24) is 20.3 Å². The molecule has 3 atom stereocenters. The third kappa shape index (κ3) is 11.8. The quantitative estimate of drug-likeness (QED) is 0.0410. The minimum absolute atomic E-state index is 0. The molecule has 339 valence electrons. The molecule has 1 unspecified atom stereocenters. The first-order valence-corrected chi connectivity index (χ1v) is 20.6. The predicted molar refractivity (Wildman–Crippen MR) is 229 cm³/mol. The fourth-order valence-corrected chi connectivity index (χ4v) is 7.34. The number of amides is 3. The number of pyridine rings is 2. The molecular weight excluding hydrogens is 894 g/mol. The Hall–Kier alpha value is -4.53. The summed E-state index contributed by atoms with van der Waals surface area (Å²) in [6, 6.07) is 8.68. The Morgan fingerprint density at radius 1 is 1.03 bits per heavy atom. The van der Waals surface area contributed by atoms with Crippen molar-refractivity contribution in [2.24, 2.45) is 17.4 Å². The number of carbonyl (C=O) groups excluding carboxylic acids is 4. The van der Waals surface area contributed by atoms with Crippen molar-refractivity contribution in [3.63, 3.8) is 0 Å². The molecule has 7 rings (SSSR count). The van der Waals surface area contributed by atoms with E-state index in [2.05, 4.69) is 21.1 Å². The zero-order chi connectivity index (χ0) is 46.1. The maximum absolute atomic E-state index is 14.6. The molecule has 0 spiro atoms. The minimum atomic E-state index is -1.85. The number of nitrogens with two attached hydrogens (primary N) is 2. The largest absolute Gasteiger partial charge is 0.458 e. The van der Waals surface area contributed by atoms with E-state index >= 15 is 0 Å². The summed E-state index contributed by atoms with van der Waals surface area (Å²) in [4.78, 5) is 64.1. The molecule has 4 heterocycles. The number of anilines is 1. The van der Waals surface area contributed by atoms with E-state index in [0.717, 1.165) is 46.9 Å². The molecule has 2 aliphatic heterocycles. The Morgan fingerprint density at radius 2 is 1.68 bits per heavy atom. The molecule has 0 bridgehead atoms. The number of cyclic esters (lactones) is 1. The number of hydroxylamine groups is 1. The van der Waals surface area contributed by atoms with Gasteiger partial charge in [0.15, 0.2) is 5.60 Å². The number of halogens is 1. The first-order chi connectivity index (χ1) is 29.5. The van der Waals surface area contributed by atoms with E-state index in [1.54, 1.807) is 54.2 Å². The number of aromatic nitrogens is 2. The van der Waals surface area contributed by atoms with Crippen molar-refractivity contribution in [2.75, 3.05) is 18.7 Å². The number of aliphatic hydroxyl groups is 2. The van der Waals surface area contributed by atoms with Crippen molar-refractivity contribution in [1.29, 1.82) is 0 Å². The molecule has 3 amide bonds. The molecule has 3 aliphatic rings. The second-order valence-electron chi connectivity index (χ2n) is 15.2. The van der Waals surface area contributed by atoms with Gasteiger partial charge in [0.25, 0.3) is 5.56 Å². The first kappa shape index (κ1) is 52.8. The molecule has 17 nitrogen and oxygen atoms in total. The van der Waals surface area contributed by atoms with E-state index in [0.29, 0.717) is 45.8 Å². The summed E-state index contributed by atoms with van der Waals surface area (Å²) >= 11 is 0. The number of nitrogens with zero attached hydrogens (tertiary/aromatic N) is 2. The standard InChI is InChI=1S/C24H21FN2O4.C15H23N3O3.C3H8N2O3.C2H6.Y/c1-3-24(30)16-7-19-21-14(9-27(19)22(28)15(16)10-31-23(24)29)13-6-4-5-12-11(2)17(25)8-18(26-21)20(12)13;1-9(2)13(16)15(21)17-10(3)14(20)18-12-6-4-11(8-19)5-7-12;4-3(6)1-8-2-5-7;1-2;/h7-8,30H,3-6,9-10H2,1-2H3;4-7,9-10,13,19H,8,16H2,1-3H3,(H,17,21)(H,18,20);5,7H,1-2H2,(H2,4,6);1-2H3;/t24-;10-,13?;;;/m00.../s1. The molecule has 1 aliphatic carbocycles. The number of nitrogens with one attached hydrogen (secondary N) is 3. The van der Waals surface area contributed by atoms with Crippen LogP contribution in [-0.4, -0.2) is 74.1 Å². The second kappa shape index (κ2) is 23.4. The molecule has 2 aromatic carbocycles. The van der Waals surface area contributed by atoms with Crippen LogP contribution in [0.25, 0.3) is 22.3 Å². The maximum Gasteiger partial charge on any atom is 0.343 e. The smallest absolute Gasteiger partial charge is 0.343 e. The number of fused-ring (bicyclic) bond motifs is 5. The van der Waals surface area contributed by atoms with Gasteiger partial charge in [-0.1, -0.05) is 46.8 Å². The average molecular weight is 953 g/mol. The van der Waals surface area contributed by atoms with Gasteiger partial charge in [0.1, 0.15) is 31.8 Å². The van der Waals surface area contributed by atoms with Gasteiger partial charge < -0.3 is 51.6 Å². The van der Waals surface area contributed by atoms with Gasteiger partial charge >= 0.3 is 5.97 Å². The van der Waals surface area contributed by atoms with Crippen LogP contribution in [0.2, 0.25) is 0 Å². The molecule has 63 heavy (non-hydrogen) atoms. The summed E-state index contributed by atoms with van der Waals surface area (Å²) in [7, 11) is 0. The van der Waals surface area contributed by atoms with Gasteiger partial charge in [0.2, 0.25) is 17.7 Å². The Morgan fingerprint density at radius 3 is 2.27 bits per heavy atom. The van der Waals surface area contributed by atoms with E-state index in [1.165, 1.54) is 6.07 Å². The average Bonchev–Trinajstić information content (AvgIpc) is 3.64. The van der Waals surface area contributed by atoms with E-state index in [4.69, 9.17) is 25.8 Å². The Balaban J connectivity index is 0.000000287. The Bertz CT molecular complexity index is 2360. The summed E-state index contributed by atoms with van der Waals surface area (Å²) in [6.45, 7) is 12.7. The number of benzene rings is 2. The zero-order valence-corrected chi connectivity index (χ0v) is 39.6. The predicted octanol–water partition coefficient (Wildman–Crippen LogP) is 3.07. The number of ether oxygens (including phenoxy) is 2. The van der Waals surface area contributed by atoms with Gasteiger partial charge in [0, 0.05) is 61.0 Å². The van der Waals surface area contributed by atoms with Crippen LogP contribution in [0.1, 0.15) is 93.3 Å². The Kier molecular flexibility index (Phi) is 19.6. The molecular formula is C44H58FN7O10Y. The summed E-state index contributed by atoms with van der Waals surface area (Å²) in [6.07, 6.45) is 2.68. The number of hydrogen-bond donors (Lipinski definition) is 8. The molecule has 2 aromatic heterocycles. The normalized spacial score (nSPS) is 16.1. The number of primary amides is 1. The third-order valence-corrected chi connectivity index (χ3v) is 10.9. The molecule has 0 fully saturated rings. The number of rotatable bonds is 11. The summed E-state index contributed by atoms with van der Waals surface area (Å²) < 4.78 is 25.8. The molecule has 19 heteroatoms. The number of aliphatic hydroxyl groups excluding tert-OH is 1. The van der Waals surface area contributed by atoms with E-state index in [1.807, 2.05) is 34.6 Å².